The highest BCUT2D eigenvalue weighted by Gasteiger charge is 2.54. The summed E-state index contributed by atoms with van der Waals surface area (Å²) < 4.78 is 32.7. The van der Waals surface area contributed by atoms with Crippen LogP contribution in [-0.4, -0.2) is 73.1 Å². The number of carbonyl (C=O) groups excluding carboxylic acids is 4. The molecule has 1 saturated heterocycles. The zero-order chi connectivity index (χ0) is 27.6. The van der Waals surface area contributed by atoms with Crippen LogP contribution in [0.5, 0.6) is 0 Å². The van der Waals surface area contributed by atoms with E-state index in [-0.39, 0.29) is 13.2 Å². The Morgan fingerprint density at radius 3 is 1.95 bits per heavy atom. The fourth-order valence-corrected chi connectivity index (χ4v) is 4.31. The highest BCUT2D eigenvalue weighted by molar-refractivity contribution is 9.09. The Kier molecular flexibility index (Phi) is 17.1. The van der Waals surface area contributed by atoms with Crippen molar-refractivity contribution in [2.45, 2.75) is 110 Å². The van der Waals surface area contributed by atoms with Crippen molar-refractivity contribution in [3.05, 3.63) is 12.2 Å². The summed E-state index contributed by atoms with van der Waals surface area (Å²) in [5.41, 5.74) is 0. The fourth-order valence-electron chi connectivity index (χ4n) is 3.91. The van der Waals surface area contributed by atoms with Crippen molar-refractivity contribution in [1.29, 1.82) is 0 Å². The molecular weight excluding hydrogens is 552 g/mol. The molecule has 1 rings (SSSR count). The molecule has 10 nitrogen and oxygen atoms in total. The van der Waals surface area contributed by atoms with Gasteiger partial charge in [-0.25, -0.2) is 0 Å². The van der Waals surface area contributed by atoms with Crippen LogP contribution in [0.4, 0.5) is 0 Å². The van der Waals surface area contributed by atoms with Gasteiger partial charge in [-0.3, -0.25) is 19.2 Å². The molecule has 0 aromatic heterocycles. The van der Waals surface area contributed by atoms with Crippen LogP contribution in [0.2, 0.25) is 0 Å². The van der Waals surface area contributed by atoms with Crippen molar-refractivity contribution in [1.82, 2.24) is 0 Å². The first-order valence-corrected chi connectivity index (χ1v) is 13.9. The van der Waals surface area contributed by atoms with E-state index >= 15 is 0 Å². The Balaban J connectivity index is 2.73. The third kappa shape index (κ3) is 14.5. The normalized spacial score (nSPS) is 22.0. The molecule has 0 radical (unpaired) electrons. The molecule has 0 unspecified atom stereocenters. The molecule has 1 heterocycles. The summed E-state index contributed by atoms with van der Waals surface area (Å²) in [6, 6.07) is 0. The summed E-state index contributed by atoms with van der Waals surface area (Å²) in [6.07, 6.45) is 7.71. The number of alkyl halides is 1. The van der Waals surface area contributed by atoms with E-state index in [1.807, 2.05) is 12.2 Å². The monoisotopic (exact) mass is 592 g/mol. The third-order valence-corrected chi connectivity index (χ3v) is 6.03. The second kappa shape index (κ2) is 19.1. The molecular formula is C26H41BrO10. The van der Waals surface area contributed by atoms with Gasteiger partial charge < -0.3 is 28.4 Å². The van der Waals surface area contributed by atoms with Gasteiger partial charge in [0, 0.05) is 33.0 Å². The molecule has 1 aliphatic heterocycles. The van der Waals surface area contributed by atoms with E-state index in [0.29, 0.717) is 0 Å². The van der Waals surface area contributed by atoms with Crippen molar-refractivity contribution in [3.8, 4) is 0 Å². The Hall–Kier alpha value is -1.98. The first kappa shape index (κ1) is 33.0. The first-order valence-electron chi connectivity index (χ1n) is 12.8. The predicted molar refractivity (Wildman–Crippen MR) is 138 cm³/mol. The van der Waals surface area contributed by atoms with E-state index in [1.165, 1.54) is 66.2 Å². The molecule has 0 saturated carbocycles. The summed E-state index contributed by atoms with van der Waals surface area (Å²) in [6.45, 7) is 4.61. The number of hydrogen-bond donors (Lipinski definition) is 0. The van der Waals surface area contributed by atoms with E-state index in [9.17, 15) is 19.2 Å². The number of unbranched alkanes of at least 4 members (excludes halogenated alkanes) is 7. The van der Waals surface area contributed by atoms with Crippen molar-refractivity contribution >= 4 is 39.8 Å². The van der Waals surface area contributed by atoms with Crippen LogP contribution < -0.4 is 0 Å². The second-order valence-corrected chi connectivity index (χ2v) is 9.62. The van der Waals surface area contributed by atoms with Gasteiger partial charge in [-0.15, -0.1) is 0 Å². The van der Waals surface area contributed by atoms with Crippen LogP contribution in [0.15, 0.2) is 12.2 Å². The zero-order valence-corrected chi connectivity index (χ0v) is 23.9. The van der Waals surface area contributed by atoms with Gasteiger partial charge in [0.25, 0.3) is 0 Å². The van der Waals surface area contributed by atoms with E-state index in [0.717, 1.165) is 18.2 Å². The van der Waals surface area contributed by atoms with Gasteiger partial charge in [-0.1, -0.05) is 60.2 Å². The molecule has 0 N–H and O–H groups in total. The average molecular weight is 594 g/mol. The smallest absolute Gasteiger partial charge is 0.303 e. The number of allylic oxidation sites excluding steroid dienone is 1. The van der Waals surface area contributed by atoms with Crippen molar-refractivity contribution in [2.75, 3.05) is 18.5 Å². The standard InChI is InChI=1S/C26H41BrO10/c1-18(28)33-17-22(34-19(2)29)23-24(35-20(3)30)25(36-21(4)31)26(37-23)32-16-14-12-10-8-6-5-7-9-11-13-15-27/h12,14,22-26H,5-11,13,15-17H2,1-4H3/b14-12+/t22-,23+,24+,25-,26-/m1/s1. The summed E-state index contributed by atoms with van der Waals surface area (Å²) >= 11 is 3.45. The molecule has 1 aliphatic rings. The Bertz CT molecular complexity index is 741. The molecule has 0 aromatic rings. The summed E-state index contributed by atoms with van der Waals surface area (Å²) in [4.78, 5) is 46.6. The SMILES string of the molecule is CC(=O)OC[C@@H](OC(C)=O)[C@@H]1O[C@@H](OC/C=C/CCCCCCCCCBr)[C@H](OC(C)=O)[C@H]1OC(C)=O. The Labute approximate surface area is 227 Å². The molecule has 0 bridgehead atoms. The number of rotatable bonds is 18. The minimum absolute atomic E-state index is 0.163. The van der Waals surface area contributed by atoms with Gasteiger partial charge in [-0.2, -0.15) is 0 Å². The van der Waals surface area contributed by atoms with E-state index in [1.54, 1.807) is 0 Å². The molecule has 0 spiro atoms. The number of halogens is 1. The van der Waals surface area contributed by atoms with Crippen LogP contribution in [0.3, 0.4) is 0 Å². The van der Waals surface area contributed by atoms with Crippen LogP contribution in [-0.2, 0) is 47.6 Å². The van der Waals surface area contributed by atoms with Crippen molar-refractivity contribution in [3.63, 3.8) is 0 Å². The van der Waals surface area contributed by atoms with Gasteiger partial charge in [0.15, 0.2) is 24.6 Å². The van der Waals surface area contributed by atoms with Gasteiger partial charge in [-0.05, 0) is 19.3 Å². The molecule has 11 heteroatoms. The minimum atomic E-state index is -1.15. The second-order valence-electron chi connectivity index (χ2n) is 8.82. The maximum Gasteiger partial charge on any atom is 0.303 e. The number of hydrogen-bond acceptors (Lipinski definition) is 10. The van der Waals surface area contributed by atoms with Crippen LogP contribution in [0.1, 0.15) is 79.1 Å². The van der Waals surface area contributed by atoms with Crippen molar-refractivity contribution in [2.24, 2.45) is 0 Å². The maximum absolute atomic E-state index is 11.8. The maximum atomic E-state index is 11.8. The minimum Gasteiger partial charge on any atom is -0.462 e. The summed E-state index contributed by atoms with van der Waals surface area (Å²) in [7, 11) is 0. The fraction of sp³-hybridized carbons (Fsp3) is 0.769. The number of carbonyl (C=O) groups is 4. The largest absolute Gasteiger partial charge is 0.462 e. The third-order valence-electron chi connectivity index (χ3n) is 5.47. The number of ether oxygens (including phenoxy) is 6. The van der Waals surface area contributed by atoms with E-state index in [4.69, 9.17) is 28.4 Å². The lowest BCUT2D eigenvalue weighted by Gasteiger charge is -2.27. The predicted octanol–water partition coefficient (Wildman–Crippen LogP) is 4.16. The van der Waals surface area contributed by atoms with Gasteiger partial charge in [0.1, 0.15) is 12.7 Å². The molecule has 0 amide bonds. The lowest BCUT2D eigenvalue weighted by Crippen LogP contribution is -2.46. The summed E-state index contributed by atoms with van der Waals surface area (Å²) in [5.74, 6) is -2.54. The quantitative estimate of drug-likeness (QED) is 0.0753. The highest BCUT2D eigenvalue weighted by Crippen LogP contribution is 2.31. The summed E-state index contributed by atoms with van der Waals surface area (Å²) in [5, 5.41) is 1.07. The van der Waals surface area contributed by atoms with Gasteiger partial charge in [0.05, 0.1) is 6.61 Å². The lowest BCUT2D eigenvalue weighted by molar-refractivity contribution is -0.196. The zero-order valence-electron chi connectivity index (χ0n) is 22.3. The van der Waals surface area contributed by atoms with Gasteiger partial charge in [0.2, 0.25) is 0 Å². The van der Waals surface area contributed by atoms with Crippen LogP contribution in [0.25, 0.3) is 0 Å². The number of esters is 4. The molecule has 0 aromatic carbocycles. The first-order chi connectivity index (χ1) is 17.6. The molecule has 37 heavy (non-hydrogen) atoms. The van der Waals surface area contributed by atoms with Crippen molar-refractivity contribution < 1.29 is 47.6 Å². The van der Waals surface area contributed by atoms with E-state index in [2.05, 4.69) is 15.9 Å². The van der Waals surface area contributed by atoms with Crippen LogP contribution >= 0.6 is 15.9 Å². The topological polar surface area (TPSA) is 124 Å². The van der Waals surface area contributed by atoms with Gasteiger partial charge >= 0.3 is 23.9 Å². The molecule has 212 valence electrons. The van der Waals surface area contributed by atoms with Crippen LogP contribution in [0, 0.1) is 0 Å². The molecule has 5 atom stereocenters. The highest BCUT2D eigenvalue weighted by atomic mass is 79.9. The lowest BCUT2D eigenvalue weighted by atomic mass is 10.1. The Morgan fingerprint density at radius 1 is 0.784 bits per heavy atom. The van der Waals surface area contributed by atoms with E-state index < -0.39 is 54.6 Å². The average Bonchev–Trinajstić information content (AvgIpc) is 3.12. The molecule has 0 aliphatic carbocycles. The Morgan fingerprint density at radius 2 is 1.38 bits per heavy atom. The molecule has 1 fully saturated rings.